The molecule has 1 aliphatic heterocycles. The summed E-state index contributed by atoms with van der Waals surface area (Å²) in [4.78, 5) is 25.5. The summed E-state index contributed by atoms with van der Waals surface area (Å²) >= 11 is 0. The SMILES string of the molecule is CCOC(=O)C1=C(C)CC(=O)NC1c1cn(-c2ccccc2)nc1-c1c(C)cc(C)cc1C. The highest BCUT2D eigenvalue weighted by Crippen LogP contribution is 2.38. The molecule has 4 rings (SSSR count). The molecule has 0 fully saturated rings. The fourth-order valence-electron chi connectivity index (χ4n) is 4.66. The lowest BCUT2D eigenvalue weighted by Crippen LogP contribution is -2.37. The van der Waals surface area contributed by atoms with Crippen LogP contribution in [0.2, 0.25) is 0 Å². The largest absolute Gasteiger partial charge is 0.463 e. The molecule has 1 amide bonds. The minimum Gasteiger partial charge on any atom is -0.463 e. The van der Waals surface area contributed by atoms with Gasteiger partial charge in [-0.1, -0.05) is 41.5 Å². The van der Waals surface area contributed by atoms with Gasteiger partial charge in [-0.15, -0.1) is 0 Å². The zero-order chi connectivity index (χ0) is 23.7. The first kappa shape index (κ1) is 22.5. The second-order valence-electron chi connectivity index (χ2n) is 8.58. The van der Waals surface area contributed by atoms with Gasteiger partial charge in [-0.3, -0.25) is 4.79 Å². The van der Waals surface area contributed by atoms with Crippen LogP contribution in [-0.2, 0) is 14.3 Å². The first-order valence-electron chi connectivity index (χ1n) is 11.2. The van der Waals surface area contributed by atoms with Crippen molar-refractivity contribution in [1.82, 2.24) is 15.1 Å². The van der Waals surface area contributed by atoms with E-state index in [0.29, 0.717) is 5.57 Å². The Bertz CT molecular complexity index is 1230. The number of hydrogen-bond donors (Lipinski definition) is 1. The third-order valence-electron chi connectivity index (χ3n) is 5.96. The molecule has 0 saturated heterocycles. The predicted octanol–water partition coefficient (Wildman–Crippen LogP) is 4.91. The summed E-state index contributed by atoms with van der Waals surface area (Å²) in [6.45, 7) is 10.1. The number of para-hydroxylation sites is 1. The van der Waals surface area contributed by atoms with Gasteiger partial charge in [-0.05, 0) is 57.9 Å². The number of carbonyl (C=O) groups is 2. The molecule has 6 nitrogen and oxygen atoms in total. The Hall–Kier alpha value is -3.67. The second-order valence-corrected chi connectivity index (χ2v) is 8.58. The van der Waals surface area contributed by atoms with Crippen LogP contribution in [-0.4, -0.2) is 28.3 Å². The summed E-state index contributed by atoms with van der Waals surface area (Å²) in [6.07, 6.45) is 2.08. The molecule has 170 valence electrons. The number of nitrogens with zero attached hydrogens (tertiary/aromatic N) is 2. The fourth-order valence-corrected chi connectivity index (χ4v) is 4.66. The third kappa shape index (κ3) is 4.33. The maximum absolute atomic E-state index is 12.9. The van der Waals surface area contributed by atoms with Gasteiger partial charge in [-0.25, -0.2) is 9.48 Å². The van der Waals surface area contributed by atoms with Gasteiger partial charge in [0.15, 0.2) is 0 Å². The van der Waals surface area contributed by atoms with E-state index in [2.05, 4.69) is 38.2 Å². The number of carbonyl (C=O) groups excluding carboxylic acids is 2. The zero-order valence-electron chi connectivity index (χ0n) is 19.7. The van der Waals surface area contributed by atoms with E-state index in [1.54, 1.807) is 6.92 Å². The molecule has 2 heterocycles. The van der Waals surface area contributed by atoms with Gasteiger partial charge >= 0.3 is 5.97 Å². The Morgan fingerprint density at radius 3 is 2.42 bits per heavy atom. The first-order chi connectivity index (χ1) is 15.8. The van der Waals surface area contributed by atoms with E-state index in [1.165, 1.54) is 5.56 Å². The van der Waals surface area contributed by atoms with Crippen LogP contribution in [0.15, 0.2) is 59.8 Å². The molecule has 0 aliphatic carbocycles. The van der Waals surface area contributed by atoms with Crippen molar-refractivity contribution in [2.45, 2.75) is 47.1 Å². The quantitative estimate of drug-likeness (QED) is 0.569. The smallest absolute Gasteiger partial charge is 0.336 e. The molecule has 1 aliphatic rings. The summed E-state index contributed by atoms with van der Waals surface area (Å²) in [5, 5.41) is 7.98. The van der Waals surface area contributed by atoms with Crippen molar-refractivity contribution >= 4 is 11.9 Å². The second kappa shape index (κ2) is 9.06. The van der Waals surface area contributed by atoms with Gasteiger partial charge < -0.3 is 10.1 Å². The van der Waals surface area contributed by atoms with Crippen LogP contribution in [0.25, 0.3) is 16.9 Å². The lowest BCUT2D eigenvalue weighted by molar-refractivity contribution is -0.139. The molecule has 0 radical (unpaired) electrons. The number of nitrogens with one attached hydrogen (secondary N) is 1. The lowest BCUT2D eigenvalue weighted by Gasteiger charge is -2.27. The summed E-state index contributed by atoms with van der Waals surface area (Å²) in [5.74, 6) is -0.530. The van der Waals surface area contributed by atoms with Crippen LogP contribution in [0.4, 0.5) is 0 Å². The summed E-state index contributed by atoms with van der Waals surface area (Å²) in [5.41, 5.74) is 7.97. The van der Waals surface area contributed by atoms with Gasteiger partial charge in [0.1, 0.15) is 0 Å². The van der Waals surface area contributed by atoms with Crippen LogP contribution in [0, 0.1) is 20.8 Å². The van der Waals surface area contributed by atoms with Crippen LogP contribution in [0.3, 0.4) is 0 Å². The third-order valence-corrected chi connectivity index (χ3v) is 5.96. The number of esters is 1. The normalized spacial score (nSPS) is 16.0. The Morgan fingerprint density at radius 2 is 1.79 bits per heavy atom. The van der Waals surface area contributed by atoms with Crippen LogP contribution in [0.1, 0.15) is 48.6 Å². The number of rotatable bonds is 5. The lowest BCUT2D eigenvalue weighted by atomic mass is 9.87. The van der Waals surface area contributed by atoms with Gasteiger partial charge in [0.25, 0.3) is 0 Å². The maximum atomic E-state index is 12.9. The minimum absolute atomic E-state index is 0.124. The molecular weight excluding hydrogens is 414 g/mol. The number of benzene rings is 2. The Kier molecular flexibility index (Phi) is 6.18. The number of aromatic nitrogens is 2. The van der Waals surface area contributed by atoms with Gasteiger partial charge in [0, 0.05) is 23.7 Å². The number of ether oxygens (including phenoxy) is 1. The monoisotopic (exact) mass is 443 g/mol. The molecule has 2 aromatic carbocycles. The van der Waals surface area contributed by atoms with E-state index in [0.717, 1.165) is 39.2 Å². The summed E-state index contributed by atoms with van der Waals surface area (Å²) < 4.78 is 7.17. The van der Waals surface area contributed by atoms with Crippen molar-refractivity contribution in [2.75, 3.05) is 6.61 Å². The Balaban J connectivity index is 1.97. The van der Waals surface area contributed by atoms with Gasteiger partial charge in [0.2, 0.25) is 5.91 Å². The standard InChI is InChI=1S/C27H29N3O3/c1-6-33-27(32)24-19(5)14-22(31)28-25(24)21-15-30(20-10-8-7-9-11-20)29-26(21)23-17(3)12-16(2)13-18(23)4/h7-13,15,25H,6,14H2,1-5H3,(H,28,31). The van der Waals surface area contributed by atoms with Gasteiger partial charge in [0.05, 0.1) is 29.6 Å². The molecule has 1 unspecified atom stereocenters. The molecule has 0 spiro atoms. The first-order valence-corrected chi connectivity index (χ1v) is 11.2. The van der Waals surface area contributed by atoms with E-state index < -0.39 is 12.0 Å². The van der Waals surface area contributed by atoms with Crippen molar-refractivity contribution in [3.8, 4) is 16.9 Å². The molecular formula is C27H29N3O3. The molecule has 1 atom stereocenters. The van der Waals surface area contributed by atoms with Gasteiger partial charge in [-0.2, -0.15) is 5.10 Å². The van der Waals surface area contributed by atoms with Crippen molar-refractivity contribution in [2.24, 2.45) is 0 Å². The number of hydrogen-bond acceptors (Lipinski definition) is 4. The average molecular weight is 444 g/mol. The van der Waals surface area contributed by atoms with Crippen molar-refractivity contribution < 1.29 is 14.3 Å². The highest BCUT2D eigenvalue weighted by atomic mass is 16.5. The topological polar surface area (TPSA) is 73.2 Å². The van der Waals surface area contributed by atoms with Crippen LogP contribution < -0.4 is 5.32 Å². The highest BCUT2D eigenvalue weighted by molar-refractivity contribution is 5.96. The van der Waals surface area contributed by atoms with E-state index >= 15 is 0 Å². The molecule has 3 aromatic rings. The van der Waals surface area contributed by atoms with Crippen molar-refractivity contribution in [3.05, 3.63) is 82.1 Å². The molecule has 33 heavy (non-hydrogen) atoms. The summed E-state index contributed by atoms with van der Waals surface area (Å²) in [6, 6.07) is 13.4. The predicted molar refractivity (Wildman–Crippen MR) is 128 cm³/mol. The molecule has 6 heteroatoms. The molecule has 0 saturated carbocycles. The van der Waals surface area contributed by atoms with Crippen LogP contribution >= 0.6 is 0 Å². The average Bonchev–Trinajstić information content (AvgIpc) is 3.18. The van der Waals surface area contributed by atoms with Crippen molar-refractivity contribution in [3.63, 3.8) is 0 Å². The molecule has 1 N–H and O–H groups in total. The van der Waals surface area contributed by atoms with E-state index in [-0.39, 0.29) is 18.9 Å². The van der Waals surface area contributed by atoms with E-state index in [9.17, 15) is 9.59 Å². The Morgan fingerprint density at radius 1 is 1.12 bits per heavy atom. The number of amides is 1. The molecule has 0 bridgehead atoms. The zero-order valence-corrected chi connectivity index (χ0v) is 19.7. The summed E-state index contributed by atoms with van der Waals surface area (Å²) in [7, 11) is 0. The number of aryl methyl sites for hydroxylation is 3. The Labute approximate surface area is 194 Å². The van der Waals surface area contributed by atoms with Crippen LogP contribution in [0.5, 0.6) is 0 Å². The maximum Gasteiger partial charge on any atom is 0.336 e. The van der Waals surface area contributed by atoms with Crippen molar-refractivity contribution in [1.29, 1.82) is 0 Å². The molecule has 1 aromatic heterocycles. The minimum atomic E-state index is -0.641. The highest BCUT2D eigenvalue weighted by Gasteiger charge is 2.35. The fraction of sp³-hybridized carbons (Fsp3) is 0.296. The van der Waals surface area contributed by atoms with E-state index in [1.807, 2.05) is 48.1 Å². The van der Waals surface area contributed by atoms with E-state index in [4.69, 9.17) is 9.84 Å².